The molecule has 2 aromatic carbocycles. The summed E-state index contributed by atoms with van der Waals surface area (Å²) in [6, 6.07) is 15.2. The predicted molar refractivity (Wildman–Crippen MR) is 120 cm³/mol. The maximum atomic E-state index is 12.4. The lowest BCUT2D eigenvalue weighted by molar-refractivity contribution is -0.0108. The van der Waals surface area contributed by atoms with Gasteiger partial charge in [0.1, 0.15) is 12.2 Å². The Morgan fingerprint density at radius 1 is 0.800 bits per heavy atom. The number of benzene rings is 2. The Hall–Kier alpha value is -2.62. The van der Waals surface area contributed by atoms with Gasteiger partial charge in [-0.25, -0.2) is 9.59 Å². The highest BCUT2D eigenvalue weighted by atomic mass is 16.6. The lowest BCUT2D eigenvalue weighted by Crippen LogP contribution is -2.29. The van der Waals surface area contributed by atoms with Crippen molar-refractivity contribution in [2.24, 2.45) is 0 Å². The SMILES string of the molecule is CCCCCc1ccc(C(=O)OC2CCC(OC(=O)c3ccc(C)cc3)CC2)cc1.[HH]. The Morgan fingerprint density at radius 3 is 1.73 bits per heavy atom. The van der Waals surface area contributed by atoms with Gasteiger partial charge in [0.05, 0.1) is 11.1 Å². The number of carbonyl (C=O) groups is 2. The summed E-state index contributed by atoms with van der Waals surface area (Å²) in [5, 5.41) is 0. The van der Waals surface area contributed by atoms with Crippen LogP contribution in [-0.4, -0.2) is 24.1 Å². The second-order valence-electron chi connectivity index (χ2n) is 8.23. The van der Waals surface area contributed by atoms with Gasteiger partial charge < -0.3 is 9.47 Å². The molecule has 0 N–H and O–H groups in total. The van der Waals surface area contributed by atoms with E-state index in [0.29, 0.717) is 36.8 Å². The van der Waals surface area contributed by atoms with Crippen LogP contribution in [0.25, 0.3) is 0 Å². The molecule has 0 heterocycles. The Kier molecular flexibility index (Phi) is 8.06. The van der Waals surface area contributed by atoms with Crippen molar-refractivity contribution >= 4 is 11.9 Å². The molecule has 0 bridgehead atoms. The summed E-state index contributed by atoms with van der Waals surface area (Å²) in [5.74, 6) is -0.551. The van der Waals surface area contributed by atoms with E-state index in [1.165, 1.54) is 24.8 Å². The standard InChI is InChI=1S/C26H32O4.H2/c1-3-4-5-6-20-9-13-22(14-10-20)26(28)30-24-17-15-23(16-18-24)29-25(27)21-11-7-19(2)8-12-21;/h7-14,23-24H,3-6,15-18H2,1-2H3;1H. The minimum Gasteiger partial charge on any atom is -0.459 e. The number of unbranched alkanes of at least 4 members (excludes halogenated alkanes) is 2. The van der Waals surface area contributed by atoms with E-state index in [2.05, 4.69) is 6.92 Å². The lowest BCUT2D eigenvalue weighted by atomic mass is 9.94. The molecule has 0 radical (unpaired) electrons. The van der Waals surface area contributed by atoms with Crippen LogP contribution in [0.2, 0.25) is 0 Å². The summed E-state index contributed by atoms with van der Waals surface area (Å²) >= 11 is 0. The molecule has 162 valence electrons. The molecule has 1 fully saturated rings. The summed E-state index contributed by atoms with van der Waals surface area (Å²) in [6.45, 7) is 4.18. The highest BCUT2D eigenvalue weighted by Gasteiger charge is 2.27. The molecular weight excluding hydrogens is 376 g/mol. The van der Waals surface area contributed by atoms with Crippen LogP contribution in [0, 0.1) is 6.92 Å². The molecule has 1 aliphatic rings. The average molecular weight is 411 g/mol. The van der Waals surface area contributed by atoms with Crippen molar-refractivity contribution in [2.75, 3.05) is 0 Å². The first-order valence-electron chi connectivity index (χ1n) is 11.1. The summed E-state index contributed by atoms with van der Waals surface area (Å²) in [4.78, 5) is 24.7. The topological polar surface area (TPSA) is 52.6 Å². The van der Waals surface area contributed by atoms with Crippen LogP contribution in [0.3, 0.4) is 0 Å². The fourth-order valence-electron chi connectivity index (χ4n) is 3.78. The smallest absolute Gasteiger partial charge is 0.338 e. The van der Waals surface area contributed by atoms with Gasteiger partial charge in [0, 0.05) is 1.43 Å². The first kappa shape index (κ1) is 22.1. The van der Waals surface area contributed by atoms with E-state index < -0.39 is 0 Å². The van der Waals surface area contributed by atoms with Crippen molar-refractivity contribution in [1.29, 1.82) is 0 Å². The molecule has 0 atom stereocenters. The van der Waals surface area contributed by atoms with Gasteiger partial charge in [-0.1, -0.05) is 49.6 Å². The van der Waals surface area contributed by atoms with Gasteiger partial charge >= 0.3 is 11.9 Å². The first-order valence-corrected chi connectivity index (χ1v) is 11.1. The molecule has 3 rings (SSSR count). The molecule has 0 aliphatic heterocycles. The molecule has 30 heavy (non-hydrogen) atoms. The maximum Gasteiger partial charge on any atom is 0.338 e. The molecule has 0 unspecified atom stereocenters. The molecular formula is C26H34O4. The van der Waals surface area contributed by atoms with Crippen LogP contribution in [0.5, 0.6) is 0 Å². The highest BCUT2D eigenvalue weighted by molar-refractivity contribution is 5.90. The zero-order chi connectivity index (χ0) is 21.3. The Bertz CT molecular complexity index is 821. The summed E-state index contributed by atoms with van der Waals surface area (Å²) in [5.41, 5.74) is 3.55. The van der Waals surface area contributed by atoms with Crippen molar-refractivity contribution < 1.29 is 20.5 Å². The number of hydrogen-bond donors (Lipinski definition) is 0. The van der Waals surface area contributed by atoms with E-state index in [-0.39, 0.29) is 25.6 Å². The molecule has 0 saturated heterocycles. The Balaban J connectivity index is 0.00000341. The minimum atomic E-state index is -0.283. The molecule has 1 saturated carbocycles. The third kappa shape index (κ3) is 6.45. The molecule has 4 nitrogen and oxygen atoms in total. The zero-order valence-electron chi connectivity index (χ0n) is 18.1. The number of carbonyl (C=O) groups excluding carboxylic acids is 2. The van der Waals surface area contributed by atoms with Crippen LogP contribution in [0.4, 0.5) is 0 Å². The maximum absolute atomic E-state index is 12.4. The number of ether oxygens (including phenoxy) is 2. The van der Waals surface area contributed by atoms with E-state index in [1.54, 1.807) is 12.1 Å². The van der Waals surface area contributed by atoms with E-state index in [1.807, 2.05) is 43.3 Å². The van der Waals surface area contributed by atoms with Gasteiger partial charge in [0.2, 0.25) is 0 Å². The van der Waals surface area contributed by atoms with Crippen molar-refractivity contribution in [3.8, 4) is 0 Å². The van der Waals surface area contributed by atoms with Crippen LogP contribution < -0.4 is 0 Å². The molecule has 1 aliphatic carbocycles. The van der Waals surface area contributed by atoms with E-state index in [9.17, 15) is 9.59 Å². The largest absolute Gasteiger partial charge is 0.459 e. The Labute approximate surface area is 181 Å². The zero-order valence-corrected chi connectivity index (χ0v) is 18.1. The summed E-state index contributed by atoms with van der Waals surface area (Å²) < 4.78 is 11.3. The van der Waals surface area contributed by atoms with Gasteiger partial charge in [-0.15, -0.1) is 0 Å². The highest BCUT2D eigenvalue weighted by Crippen LogP contribution is 2.25. The van der Waals surface area contributed by atoms with E-state index in [4.69, 9.17) is 9.47 Å². The molecule has 4 heteroatoms. The second kappa shape index (κ2) is 11.0. The van der Waals surface area contributed by atoms with Crippen molar-refractivity contribution in [3.63, 3.8) is 0 Å². The third-order valence-electron chi connectivity index (χ3n) is 5.71. The normalized spacial score (nSPS) is 18.6. The first-order chi connectivity index (χ1) is 14.5. The number of esters is 2. The van der Waals surface area contributed by atoms with Crippen molar-refractivity contribution in [3.05, 3.63) is 70.8 Å². The minimum absolute atomic E-state index is 0. The predicted octanol–water partition coefficient (Wildman–Crippen LogP) is 6.30. The monoisotopic (exact) mass is 410 g/mol. The fourth-order valence-corrected chi connectivity index (χ4v) is 3.78. The quantitative estimate of drug-likeness (QED) is 0.378. The number of rotatable bonds is 8. The van der Waals surface area contributed by atoms with Crippen LogP contribution >= 0.6 is 0 Å². The van der Waals surface area contributed by atoms with E-state index in [0.717, 1.165) is 12.0 Å². The summed E-state index contributed by atoms with van der Waals surface area (Å²) in [6.07, 6.45) is 7.29. The van der Waals surface area contributed by atoms with Crippen molar-refractivity contribution in [1.82, 2.24) is 0 Å². The van der Waals surface area contributed by atoms with E-state index >= 15 is 0 Å². The average Bonchev–Trinajstić information content (AvgIpc) is 2.76. The third-order valence-corrected chi connectivity index (χ3v) is 5.71. The molecule has 2 aromatic rings. The summed E-state index contributed by atoms with van der Waals surface area (Å²) in [7, 11) is 0. The van der Waals surface area contributed by atoms with Crippen LogP contribution in [0.1, 0.15) is 85.1 Å². The van der Waals surface area contributed by atoms with Crippen molar-refractivity contribution in [2.45, 2.75) is 77.4 Å². The molecule has 0 aromatic heterocycles. The van der Waals surface area contributed by atoms with Crippen LogP contribution in [-0.2, 0) is 15.9 Å². The second-order valence-corrected chi connectivity index (χ2v) is 8.23. The van der Waals surface area contributed by atoms with Gasteiger partial charge in [-0.05, 0) is 75.3 Å². The molecule has 0 spiro atoms. The molecule has 0 amide bonds. The van der Waals surface area contributed by atoms with Crippen LogP contribution in [0.15, 0.2) is 48.5 Å². The number of hydrogen-bond acceptors (Lipinski definition) is 4. The van der Waals surface area contributed by atoms with Gasteiger partial charge in [-0.2, -0.15) is 0 Å². The van der Waals surface area contributed by atoms with Gasteiger partial charge in [0.25, 0.3) is 0 Å². The van der Waals surface area contributed by atoms with Gasteiger partial charge in [-0.3, -0.25) is 0 Å². The Morgan fingerprint density at radius 2 is 1.27 bits per heavy atom. The lowest BCUT2D eigenvalue weighted by Gasteiger charge is -2.28. The number of aryl methyl sites for hydroxylation is 2. The van der Waals surface area contributed by atoms with Gasteiger partial charge in [0.15, 0.2) is 0 Å². The fraction of sp³-hybridized carbons (Fsp3) is 0.462.